The van der Waals surface area contributed by atoms with Crippen molar-refractivity contribution >= 4 is 22.6 Å². The molecule has 2 aromatic carbocycles. The maximum absolute atomic E-state index is 12.4. The predicted molar refractivity (Wildman–Crippen MR) is 108 cm³/mol. The van der Waals surface area contributed by atoms with E-state index >= 15 is 0 Å². The smallest absolute Gasteiger partial charge is 0.344 e. The molecule has 0 saturated heterocycles. The summed E-state index contributed by atoms with van der Waals surface area (Å²) in [7, 11) is 3.31. The molecule has 0 aliphatic heterocycles. The standard InChI is InChI=1S/C22H24N2O5/c1-5-19-21(14(2)29-23-19)22(26)28-13-20(25)24(3)12-15-6-7-17-11-18(27-4)9-8-16(17)10-15/h6-11H,5,12-13H2,1-4H3. The molecular formula is C22H24N2O5. The summed E-state index contributed by atoms with van der Waals surface area (Å²) >= 11 is 0. The third kappa shape index (κ3) is 4.56. The highest BCUT2D eigenvalue weighted by Gasteiger charge is 2.22. The SMILES string of the molecule is CCc1noc(C)c1C(=O)OCC(=O)N(C)Cc1ccc2cc(OC)ccc2c1. The minimum Gasteiger partial charge on any atom is -0.497 e. The molecule has 0 aliphatic rings. The van der Waals surface area contributed by atoms with E-state index < -0.39 is 5.97 Å². The Labute approximate surface area is 169 Å². The quantitative estimate of drug-likeness (QED) is 0.569. The number of esters is 1. The average molecular weight is 396 g/mol. The van der Waals surface area contributed by atoms with Gasteiger partial charge in [-0.25, -0.2) is 4.79 Å². The van der Waals surface area contributed by atoms with Gasteiger partial charge in [0.1, 0.15) is 17.1 Å². The summed E-state index contributed by atoms with van der Waals surface area (Å²) in [4.78, 5) is 26.2. The number of carbonyl (C=O) groups is 2. The summed E-state index contributed by atoms with van der Waals surface area (Å²) in [5.74, 6) is 0.302. The number of methoxy groups -OCH3 is 1. The Morgan fingerprint density at radius 1 is 1.14 bits per heavy atom. The number of carbonyl (C=O) groups excluding carboxylic acids is 2. The summed E-state index contributed by atoms with van der Waals surface area (Å²) in [6.07, 6.45) is 0.545. The molecule has 1 aromatic heterocycles. The van der Waals surface area contributed by atoms with Gasteiger partial charge in [-0.15, -0.1) is 0 Å². The molecule has 3 aromatic rings. The first-order valence-electron chi connectivity index (χ1n) is 9.35. The molecular weight excluding hydrogens is 372 g/mol. The molecule has 3 rings (SSSR count). The largest absolute Gasteiger partial charge is 0.497 e. The molecule has 1 amide bonds. The minimum absolute atomic E-state index is 0.291. The van der Waals surface area contributed by atoms with Gasteiger partial charge in [0.25, 0.3) is 5.91 Å². The Bertz CT molecular complexity index is 1040. The Morgan fingerprint density at radius 2 is 1.86 bits per heavy atom. The number of aryl methyl sites for hydroxylation is 2. The Balaban J connectivity index is 1.61. The van der Waals surface area contributed by atoms with Crippen LogP contribution in [0.5, 0.6) is 5.75 Å². The highest BCUT2D eigenvalue weighted by molar-refractivity contribution is 5.93. The summed E-state index contributed by atoms with van der Waals surface area (Å²) in [5, 5.41) is 5.95. The molecule has 7 heteroatoms. The van der Waals surface area contributed by atoms with Crippen LogP contribution in [0.1, 0.15) is 34.3 Å². The molecule has 152 valence electrons. The molecule has 7 nitrogen and oxygen atoms in total. The van der Waals surface area contributed by atoms with Gasteiger partial charge in [0.05, 0.1) is 12.8 Å². The first-order chi connectivity index (χ1) is 13.9. The van der Waals surface area contributed by atoms with Gasteiger partial charge in [0.15, 0.2) is 6.61 Å². The van der Waals surface area contributed by atoms with E-state index in [0.29, 0.717) is 30.0 Å². The molecule has 0 fully saturated rings. The highest BCUT2D eigenvalue weighted by Crippen LogP contribution is 2.22. The molecule has 0 aliphatic carbocycles. The number of aromatic nitrogens is 1. The van der Waals surface area contributed by atoms with E-state index in [9.17, 15) is 9.59 Å². The van der Waals surface area contributed by atoms with Crippen LogP contribution < -0.4 is 4.74 Å². The third-order valence-electron chi connectivity index (χ3n) is 4.76. The first kappa shape index (κ1) is 20.4. The molecule has 29 heavy (non-hydrogen) atoms. The number of hydrogen-bond acceptors (Lipinski definition) is 6. The topological polar surface area (TPSA) is 81.9 Å². The number of likely N-dealkylation sites (N-methyl/N-ethyl adjacent to an activating group) is 1. The molecule has 0 atom stereocenters. The highest BCUT2D eigenvalue weighted by atomic mass is 16.5. The summed E-state index contributed by atoms with van der Waals surface area (Å²) in [6, 6.07) is 11.8. The average Bonchev–Trinajstić information content (AvgIpc) is 3.11. The number of benzene rings is 2. The lowest BCUT2D eigenvalue weighted by atomic mass is 10.1. The maximum Gasteiger partial charge on any atom is 0.344 e. The number of nitrogens with zero attached hydrogens (tertiary/aromatic N) is 2. The summed E-state index contributed by atoms with van der Waals surface area (Å²) in [6.45, 7) is 3.58. The summed E-state index contributed by atoms with van der Waals surface area (Å²) in [5.41, 5.74) is 1.81. The second-order valence-electron chi connectivity index (χ2n) is 6.79. The van der Waals surface area contributed by atoms with E-state index in [4.69, 9.17) is 14.0 Å². The zero-order valence-corrected chi connectivity index (χ0v) is 17.0. The number of fused-ring (bicyclic) bond motifs is 1. The Hall–Kier alpha value is -3.35. The van der Waals surface area contributed by atoms with Gasteiger partial charge >= 0.3 is 5.97 Å². The molecule has 0 radical (unpaired) electrons. The second-order valence-corrected chi connectivity index (χ2v) is 6.79. The van der Waals surface area contributed by atoms with Crippen molar-refractivity contribution in [3.05, 3.63) is 59.0 Å². The molecule has 0 unspecified atom stereocenters. The lowest BCUT2D eigenvalue weighted by molar-refractivity contribution is -0.133. The number of hydrogen-bond donors (Lipinski definition) is 0. The molecule has 0 spiro atoms. The van der Waals surface area contributed by atoms with E-state index in [1.165, 1.54) is 4.90 Å². The molecule has 0 saturated carbocycles. The van der Waals surface area contributed by atoms with Crippen molar-refractivity contribution in [1.82, 2.24) is 10.1 Å². The van der Waals surface area contributed by atoms with Crippen LogP contribution >= 0.6 is 0 Å². The third-order valence-corrected chi connectivity index (χ3v) is 4.76. The van der Waals surface area contributed by atoms with Gasteiger partial charge in [-0.3, -0.25) is 4.79 Å². The number of rotatable bonds is 7. The molecule has 0 N–H and O–H groups in total. The first-order valence-corrected chi connectivity index (χ1v) is 9.35. The van der Waals surface area contributed by atoms with E-state index in [1.807, 2.05) is 43.3 Å². The number of ether oxygens (including phenoxy) is 2. The predicted octanol–water partition coefficient (Wildman–Crippen LogP) is 3.52. The van der Waals surface area contributed by atoms with Gasteiger partial charge in [-0.2, -0.15) is 0 Å². The summed E-state index contributed by atoms with van der Waals surface area (Å²) < 4.78 is 15.5. The van der Waals surface area contributed by atoms with Crippen LogP contribution in [0, 0.1) is 6.92 Å². The monoisotopic (exact) mass is 396 g/mol. The fourth-order valence-electron chi connectivity index (χ4n) is 3.09. The van der Waals surface area contributed by atoms with Crippen LogP contribution in [0.2, 0.25) is 0 Å². The zero-order chi connectivity index (χ0) is 21.0. The molecule has 0 bridgehead atoms. The lowest BCUT2D eigenvalue weighted by Gasteiger charge is -2.17. The van der Waals surface area contributed by atoms with Crippen molar-refractivity contribution < 1.29 is 23.6 Å². The lowest BCUT2D eigenvalue weighted by Crippen LogP contribution is -2.31. The van der Waals surface area contributed by atoms with Crippen molar-refractivity contribution in [2.75, 3.05) is 20.8 Å². The van der Waals surface area contributed by atoms with E-state index in [-0.39, 0.29) is 12.5 Å². The van der Waals surface area contributed by atoms with Crippen molar-refractivity contribution in [3.8, 4) is 5.75 Å². The van der Waals surface area contributed by atoms with Gasteiger partial charge in [0, 0.05) is 13.6 Å². The number of amides is 1. The fourth-order valence-corrected chi connectivity index (χ4v) is 3.09. The normalized spacial score (nSPS) is 10.8. The van der Waals surface area contributed by atoms with Crippen LogP contribution in [0.3, 0.4) is 0 Å². The maximum atomic E-state index is 12.4. The van der Waals surface area contributed by atoms with Gasteiger partial charge < -0.3 is 18.9 Å². The van der Waals surface area contributed by atoms with Gasteiger partial charge in [-0.1, -0.05) is 30.3 Å². The van der Waals surface area contributed by atoms with Crippen LogP contribution in [0.15, 0.2) is 40.9 Å². The minimum atomic E-state index is -0.595. The zero-order valence-electron chi connectivity index (χ0n) is 17.0. The van der Waals surface area contributed by atoms with Crippen LogP contribution in [-0.2, 0) is 22.5 Å². The Morgan fingerprint density at radius 3 is 2.59 bits per heavy atom. The van der Waals surface area contributed by atoms with Crippen molar-refractivity contribution in [2.24, 2.45) is 0 Å². The van der Waals surface area contributed by atoms with Gasteiger partial charge in [-0.05, 0) is 47.9 Å². The van der Waals surface area contributed by atoms with Crippen molar-refractivity contribution in [2.45, 2.75) is 26.8 Å². The van der Waals surface area contributed by atoms with Crippen LogP contribution in [-0.4, -0.2) is 42.7 Å². The van der Waals surface area contributed by atoms with Crippen molar-refractivity contribution in [1.29, 1.82) is 0 Å². The second kappa shape index (κ2) is 8.77. The van der Waals surface area contributed by atoms with E-state index in [2.05, 4.69) is 5.16 Å². The Kier molecular flexibility index (Phi) is 6.16. The van der Waals surface area contributed by atoms with Crippen molar-refractivity contribution in [3.63, 3.8) is 0 Å². The van der Waals surface area contributed by atoms with Gasteiger partial charge in [0.2, 0.25) is 0 Å². The van der Waals surface area contributed by atoms with Crippen LogP contribution in [0.4, 0.5) is 0 Å². The molecule has 1 heterocycles. The fraction of sp³-hybridized carbons (Fsp3) is 0.318. The van der Waals surface area contributed by atoms with Crippen LogP contribution in [0.25, 0.3) is 10.8 Å². The van der Waals surface area contributed by atoms with E-state index in [1.54, 1.807) is 21.1 Å². The van der Waals surface area contributed by atoms with E-state index in [0.717, 1.165) is 22.1 Å².